The maximum atomic E-state index is 10.3. The van der Waals surface area contributed by atoms with E-state index < -0.39 is 0 Å². The van der Waals surface area contributed by atoms with E-state index in [1.807, 2.05) is 43.0 Å². The molecule has 0 aliphatic heterocycles. The molecule has 2 aromatic carbocycles. The van der Waals surface area contributed by atoms with E-state index >= 15 is 0 Å². The molecule has 2 aromatic heterocycles. The van der Waals surface area contributed by atoms with Crippen molar-refractivity contribution in [3.8, 4) is 5.75 Å². The minimum Gasteiger partial charge on any atom is -0.508 e. The molecular weight excluding hydrogens is 452 g/mol. The maximum absolute atomic E-state index is 10.3. The van der Waals surface area contributed by atoms with Gasteiger partial charge in [0.2, 0.25) is 0 Å². The summed E-state index contributed by atoms with van der Waals surface area (Å²) in [5.41, 5.74) is 4.06. The first-order chi connectivity index (χ1) is 15.4. The lowest BCUT2D eigenvalue weighted by atomic mass is 9.87. The molecule has 4 aromatic rings. The quantitative estimate of drug-likeness (QED) is 0.285. The van der Waals surface area contributed by atoms with Crippen LogP contribution >= 0.6 is 23.4 Å². The van der Waals surface area contributed by atoms with Crippen LogP contribution in [0.5, 0.6) is 5.75 Å². The third-order valence-corrected chi connectivity index (χ3v) is 7.10. The third-order valence-electron chi connectivity index (χ3n) is 5.57. The highest BCUT2D eigenvalue weighted by atomic mass is 35.5. The second-order valence-electron chi connectivity index (χ2n) is 10.3. The monoisotopic (exact) mass is 482 g/mol. The predicted octanol–water partition coefficient (Wildman–Crippen LogP) is 7.76. The van der Waals surface area contributed by atoms with Gasteiger partial charge in [0.15, 0.2) is 5.89 Å². The summed E-state index contributed by atoms with van der Waals surface area (Å²) in [6.07, 6.45) is 2.46. The zero-order valence-corrected chi connectivity index (χ0v) is 21.6. The van der Waals surface area contributed by atoms with Crippen molar-refractivity contribution in [2.45, 2.75) is 69.6 Å². The predicted molar refractivity (Wildman–Crippen MR) is 138 cm³/mol. The van der Waals surface area contributed by atoms with Gasteiger partial charge in [0.1, 0.15) is 12.0 Å². The van der Waals surface area contributed by atoms with Crippen LogP contribution in [0.25, 0.3) is 10.9 Å². The molecule has 0 unspecified atom stereocenters. The molecule has 0 saturated heterocycles. The molecule has 33 heavy (non-hydrogen) atoms. The van der Waals surface area contributed by atoms with Crippen LogP contribution in [0.1, 0.15) is 57.5 Å². The number of fused-ring (bicyclic) bond motifs is 1. The minimum absolute atomic E-state index is 0.00323. The van der Waals surface area contributed by atoms with Gasteiger partial charge in [-0.15, -0.1) is 11.8 Å². The van der Waals surface area contributed by atoms with E-state index in [2.05, 4.69) is 56.3 Å². The molecule has 0 saturated carbocycles. The molecule has 0 fully saturated rings. The first-order valence-corrected chi connectivity index (χ1v) is 12.3. The fraction of sp³-hybridized carbons (Fsp3) is 0.370. The van der Waals surface area contributed by atoms with Gasteiger partial charge in [0.05, 0.1) is 5.69 Å². The van der Waals surface area contributed by atoms with Gasteiger partial charge in [-0.25, -0.2) is 4.98 Å². The van der Waals surface area contributed by atoms with E-state index in [1.54, 1.807) is 12.3 Å². The number of phenols is 1. The Labute approximate surface area is 205 Å². The summed E-state index contributed by atoms with van der Waals surface area (Å²) < 4.78 is 8.19. The Hall–Kier alpha value is -2.37. The third kappa shape index (κ3) is 5.25. The Balaban J connectivity index is 1.92. The van der Waals surface area contributed by atoms with E-state index in [-0.39, 0.29) is 15.9 Å². The average molecular weight is 483 g/mol. The summed E-state index contributed by atoms with van der Waals surface area (Å²) >= 11 is 7.97. The number of benzene rings is 2. The molecule has 0 bridgehead atoms. The molecule has 0 aliphatic rings. The van der Waals surface area contributed by atoms with Gasteiger partial charge in [0, 0.05) is 49.6 Å². The standard InChI is InChI=1S/C27H31ClN2O2S/c1-17-16-32-25(29-17)27(5,6)14-23-24(33-26(2,3)4)21-13-20(31)11-12-22(21)30(23)15-18-7-9-19(28)10-8-18/h7-13,16,31H,14-15H2,1-6H3. The van der Waals surface area contributed by atoms with Crippen LogP contribution < -0.4 is 0 Å². The van der Waals surface area contributed by atoms with Gasteiger partial charge < -0.3 is 14.1 Å². The number of oxazole rings is 1. The maximum Gasteiger partial charge on any atom is 0.200 e. The van der Waals surface area contributed by atoms with Crippen molar-refractivity contribution in [1.82, 2.24) is 9.55 Å². The Morgan fingerprint density at radius 1 is 1.06 bits per heavy atom. The minimum atomic E-state index is -0.310. The summed E-state index contributed by atoms with van der Waals surface area (Å²) in [6, 6.07) is 13.6. The molecule has 6 heteroatoms. The fourth-order valence-corrected chi connectivity index (χ4v) is 5.38. The molecule has 2 heterocycles. The van der Waals surface area contributed by atoms with Gasteiger partial charge >= 0.3 is 0 Å². The molecule has 174 valence electrons. The van der Waals surface area contributed by atoms with Gasteiger partial charge in [-0.2, -0.15) is 0 Å². The van der Waals surface area contributed by atoms with E-state index in [4.69, 9.17) is 16.0 Å². The SMILES string of the molecule is Cc1coc(C(C)(C)Cc2c(SC(C)(C)C)c3cc(O)ccc3n2Cc2ccc(Cl)cc2)n1. The van der Waals surface area contributed by atoms with Gasteiger partial charge in [-0.3, -0.25) is 0 Å². The van der Waals surface area contributed by atoms with Crippen LogP contribution in [-0.2, 0) is 18.4 Å². The molecule has 0 spiro atoms. The second kappa shape index (κ2) is 8.77. The number of hydrogen-bond donors (Lipinski definition) is 1. The van der Waals surface area contributed by atoms with Crippen LogP contribution in [0.15, 0.2) is 58.0 Å². The molecule has 0 radical (unpaired) electrons. The second-order valence-corrected chi connectivity index (χ2v) is 12.5. The van der Waals surface area contributed by atoms with E-state index in [9.17, 15) is 5.11 Å². The van der Waals surface area contributed by atoms with Crippen molar-refractivity contribution in [3.63, 3.8) is 0 Å². The Bertz CT molecular complexity index is 1280. The normalized spacial score (nSPS) is 12.6. The number of halogens is 1. The van der Waals surface area contributed by atoms with Crippen molar-refractivity contribution < 1.29 is 9.52 Å². The summed E-state index contributed by atoms with van der Waals surface area (Å²) in [7, 11) is 0. The number of aromatic hydroxyl groups is 1. The van der Waals surface area contributed by atoms with Crippen molar-refractivity contribution >= 4 is 34.3 Å². The molecule has 4 nitrogen and oxygen atoms in total. The molecule has 0 atom stereocenters. The molecule has 0 aliphatic carbocycles. The molecule has 0 amide bonds. The summed E-state index contributed by atoms with van der Waals surface area (Å²) in [5.74, 6) is 1.01. The highest BCUT2D eigenvalue weighted by Gasteiger charge is 2.32. The number of nitrogens with zero attached hydrogens (tertiary/aromatic N) is 2. The van der Waals surface area contributed by atoms with Crippen LogP contribution in [0.4, 0.5) is 0 Å². The molecule has 4 rings (SSSR count). The van der Waals surface area contributed by atoms with Crippen LogP contribution in [0.2, 0.25) is 5.02 Å². The van der Waals surface area contributed by atoms with Crippen molar-refractivity contribution in [1.29, 1.82) is 0 Å². The number of aromatic nitrogens is 2. The summed E-state index contributed by atoms with van der Waals surface area (Å²) in [5, 5.41) is 12.1. The number of hydrogen-bond acceptors (Lipinski definition) is 4. The highest BCUT2D eigenvalue weighted by Crippen LogP contribution is 2.44. The van der Waals surface area contributed by atoms with E-state index in [0.717, 1.165) is 33.9 Å². The number of aryl methyl sites for hydroxylation is 1. The largest absolute Gasteiger partial charge is 0.508 e. The van der Waals surface area contributed by atoms with Crippen LogP contribution in [0, 0.1) is 6.92 Å². The van der Waals surface area contributed by atoms with Crippen molar-refractivity contribution in [2.75, 3.05) is 0 Å². The summed E-state index contributed by atoms with van der Waals surface area (Å²) in [4.78, 5) is 5.83. The first-order valence-electron chi connectivity index (χ1n) is 11.1. The van der Waals surface area contributed by atoms with Crippen LogP contribution in [0.3, 0.4) is 0 Å². The van der Waals surface area contributed by atoms with E-state index in [1.165, 1.54) is 16.2 Å². The number of thioether (sulfide) groups is 1. The lowest BCUT2D eigenvalue weighted by molar-refractivity contribution is 0.360. The van der Waals surface area contributed by atoms with Crippen molar-refractivity contribution in [2.24, 2.45) is 0 Å². The zero-order chi connectivity index (χ0) is 24.0. The lowest BCUT2D eigenvalue weighted by Crippen LogP contribution is -2.24. The van der Waals surface area contributed by atoms with Gasteiger partial charge in [-0.1, -0.05) is 58.4 Å². The fourth-order valence-electron chi connectivity index (χ4n) is 4.07. The number of phenolic OH excluding ortho intramolecular Hbond substituents is 1. The van der Waals surface area contributed by atoms with E-state index in [0.29, 0.717) is 6.54 Å². The first kappa shape index (κ1) is 23.8. The Kier molecular flexibility index (Phi) is 6.32. The van der Waals surface area contributed by atoms with Gasteiger partial charge in [-0.05, 0) is 42.8 Å². The van der Waals surface area contributed by atoms with Crippen molar-refractivity contribution in [3.05, 3.63) is 76.6 Å². The molecule has 1 N–H and O–H groups in total. The lowest BCUT2D eigenvalue weighted by Gasteiger charge is -2.25. The number of rotatable bonds is 6. The zero-order valence-electron chi connectivity index (χ0n) is 20.1. The average Bonchev–Trinajstić information content (AvgIpc) is 3.26. The smallest absolute Gasteiger partial charge is 0.200 e. The van der Waals surface area contributed by atoms with Gasteiger partial charge in [0.25, 0.3) is 0 Å². The highest BCUT2D eigenvalue weighted by molar-refractivity contribution is 8.00. The Morgan fingerprint density at radius 3 is 2.36 bits per heavy atom. The molecular formula is C27H31ClN2O2S. The summed E-state index contributed by atoms with van der Waals surface area (Å²) in [6.45, 7) is 13.7. The Morgan fingerprint density at radius 2 is 1.76 bits per heavy atom. The topological polar surface area (TPSA) is 51.2 Å². The van der Waals surface area contributed by atoms with Crippen LogP contribution in [-0.4, -0.2) is 19.4 Å².